The lowest BCUT2D eigenvalue weighted by molar-refractivity contribution is 0.167. The predicted molar refractivity (Wildman–Crippen MR) is 81.4 cm³/mol. The molecule has 0 atom stereocenters. The highest BCUT2D eigenvalue weighted by molar-refractivity contribution is 6.31. The van der Waals surface area contributed by atoms with Gasteiger partial charge >= 0.3 is 0 Å². The molecule has 1 nitrogen and oxygen atoms in total. The Bertz CT molecular complexity index is 410. The molecule has 0 aliphatic carbocycles. The van der Waals surface area contributed by atoms with Gasteiger partial charge in [-0.05, 0) is 50.4 Å². The molecule has 0 fully saturated rings. The van der Waals surface area contributed by atoms with E-state index in [2.05, 4.69) is 71.7 Å². The summed E-state index contributed by atoms with van der Waals surface area (Å²) in [6.45, 7) is 14.1. The van der Waals surface area contributed by atoms with E-state index in [1.807, 2.05) is 0 Å². The zero-order valence-corrected chi connectivity index (χ0v) is 13.5. The highest BCUT2D eigenvalue weighted by Gasteiger charge is 2.19. The number of rotatable bonds is 2. The van der Waals surface area contributed by atoms with E-state index in [-0.39, 0.29) is 11.0 Å². The predicted octanol–water partition coefficient (Wildman–Crippen LogP) is 4.87. The Labute approximate surface area is 117 Å². The molecule has 0 N–H and O–H groups in total. The number of halogens is 1. The molecule has 0 aliphatic heterocycles. The molecule has 0 saturated heterocycles. The quantitative estimate of drug-likeness (QED) is 0.739. The third-order valence-electron chi connectivity index (χ3n) is 3.47. The van der Waals surface area contributed by atoms with Crippen molar-refractivity contribution < 1.29 is 0 Å². The highest BCUT2D eigenvalue weighted by Crippen LogP contribution is 2.28. The fourth-order valence-electron chi connectivity index (χ4n) is 1.63. The van der Waals surface area contributed by atoms with Crippen molar-refractivity contribution in [1.29, 1.82) is 0 Å². The van der Waals surface area contributed by atoms with E-state index in [4.69, 9.17) is 11.6 Å². The standard InChI is InChI=1S/C16H26ClN/c1-15(2,3)13-9-8-12(14(17)10-13)11-18(7)16(4,5)6/h8-10H,11H2,1-7H3. The van der Waals surface area contributed by atoms with E-state index in [1.165, 1.54) is 11.1 Å². The summed E-state index contributed by atoms with van der Waals surface area (Å²) in [5.41, 5.74) is 2.79. The summed E-state index contributed by atoms with van der Waals surface area (Å²) in [7, 11) is 2.13. The van der Waals surface area contributed by atoms with Crippen molar-refractivity contribution in [3.05, 3.63) is 34.3 Å². The fourth-order valence-corrected chi connectivity index (χ4v) is 1.88. The number of hydrogen-bond donors (Lipinski definition) is 0. The summed E-state index contributed by atoms with van der Waals surface area (Å²) in [4.78, 5) is 2.31. The van der Waals surface area contributed by atoms with Gasteiger partial charge in [0.15, 0.2) is 0 Å². The summed E-state index contributed by atoms with van der Waals surface area (Å²) in [5.74, 6) is 0. The van der Waals surface area contributed by atoms with Crippen molar-refractivity contribution >= 4 is 11.6 Å². The van der Waals surface area contributed by atoms with Gasteiger partial charge in [-0.1, -0.05) is 44.5 Å². The molecule has 18 heavy (non-hydrogen) atoms. The van der Waals surface area contributed by atoms with E-state index >= 15 is 0 Å². The van der Waals surface area contributed by atoms with Crippen molar-refractivity contribution in [3.63, 3.8) is 0 Å². The van der Waals surface area contributed by atoms with Gasteiger partial charge in [-0.15, -0.1) is 0 Å². The summed E-state index contributed by atoms with van der Waals surface area (Å²) in [6.07, 6.45) is 0. The van der Waals surface area contributed by atoms with Crippen molar-refractivity contribution in [1.82, 2.24) is 4.90 Å². The van der Waals surface area contributed by atoms with Crippen LogP contribution in [0.5, 0.6) is 0 Å². The summed E-state index contributed by atoms with van der Waals surface area (Å²) < 4.78 is 0. The highest BCUT2D eigenvalue weighted by atomic mass is 35.5. The Kier molecular flexibility index (Phi) is 4.51. The van der Waals surface area contributed by atoms with E-state index in [9.17, 15) is 0 Å². The fraction of sp³-hybridized carbons (Fsp3) is 0.625. The largest absolute Gasteiger partial charge is 0.297 e. The second-order valence-electron chi connectivity index (χ2n) is 7.08. The van der Waals surface area contributed by atoms with Crippen molar-refractivity contribution in [2.24, 2.45) is 0 Å². The van der Waals surface area contributed by atoms with Crippen LogP contribution in [-0.2, 0) is 12.0 Å². The van der Waals surface area contributed by atoms with E-state index in [1.54, 1.807) is 0 Å². The first-order chi connectivity index (χ1) is 8.01. The number of benzene rings is 1. The van der Waals surface area contributed by atoms with Crippen LogP contribution in [0.3, 0.4) is 0 Å². The molecule has 1 aromatic rings. The Morgan fingerprint density at radius 3 is 2.00 bits per heavy atom. The zero-order valence-electron chi connectivity index (χ0n) is 12.8. The van der Waals surface area contributed by atoms with Crippen LogP contribution in [0.2, 0.25) is 5.02 Å². The summed E-state index contributed by atoms with van der Waals surface area (Å²) >= 11 is 6.40. The maximum absolute atomic E-state index is 6.40. The zero-order chi connectivity index (χ0) is 14.1. The van der Waals surface area contributed by atoms with Gasteiger partial charge in [0.2, 0.25) is 0 Å². The van der Waals surface area contributed by atoms with Gasteiger partial charge < -0.3 is 0 Å². The Morgan fingerprint density at radius 1 is 1.06 bits per heavy atom. The average Bonchev–Trinajstić information content (AvgIpc) is 2.17. The molecular weight excluding hydrogens is 242 g/mol. The van der Waals surface area contributed by atoms with E-state index < -0.39 is 0 Å². The molecule has 2 heteroatoms. The number of hydrogen-bond acceptors (Lipinski definition) is 1. The molecule has 0 aromatic heterocycles. The van der Waals surface area contributed by atoms with Crippen LogP contribution in [0, 0.1) is 0 Å². The van der Waals surface area contributed by atoms with Crippen molar-refractivity contribution in [2.75, 3.05) is 7.05 Å². The lowest BCUT2D eigenvalue weighted by Gasteiger charge is -2.32. The molecule has 0 radical (unpaired) electrons. The topological polar surface area (TPSA) is 3.24 Å². The van der Waals surface area contributed by atoms with Crippen LogP contribution < -0.4 is 0 Å². The Balaban J connectivity index is 2.94. The smallest absolute Gasteiger partial charge is 0.0453 e. The lowest BCUT2D eigenvalue weighted by Crippen LogP contribution is -2.37. The molecule has 0 unspecified atom stereocenters. The first-order valence-corrected chi connectivity index (χ1v) is 6.90. The van der Waals surface area contributed by atoms with Crippen LogP contribution in [0.4, 0.5) is 0 Å². The van der Waals surface area contributed by atoms with Crippen LogP contribution in [0.25, 0.3) is 0 Å². The van der Waals surface area contributed by atoms with Gasteiger partial charge in [0, 0.05) is 17.1 Å². The van der Waals surface area contributed by atoms with E-state index in [0.29, 0.717) is 0 Å². The molecule has 0 amide bonds. The molecule has 102 valence electrons. The van der Waals surface area contributed by atoms with Gasteiger partial charge in [-0.3, -0.25) is 4.90 Å². The minimum atomic E-state index is 0.151. The van der Waals surface area contributed by atoms with Crippen molar-refractivity contribution in [3.8, 4) is 0 Å². The van der Waals surface area contributed by atoms with Crippen molar-refractivity contribution in [2.45, 2.75) is 59.0 Å². The molecule has 0 aliphatic rings. The summed E-state index contributed by atoms with van der Waals surface area (Å²) in [5, 5.41) is 0.874. The normalized spacial score (nSPS) is 13.2. The molecule has 0 saturated carbocycles. The number of nitrogens with zero attached hydrogens (tertiary/aromatic N) is 1. The second kappa shape index (κ2) is 5.22. The van der Waals surface area contributed by atoms with Crippen LogP contribution >= 0.6 is 11.6 Å². The maximum atomic E-state index is 6.40. The van der Waals surface area contributed by atoms with Gasteiger partial charge in [0.05, 0.1) is 0 Å². The molecule has 1 aromatic carbocycles. The Morgan fingerprint density at radius 2 is 1.61 bits per heavy atom. The average molecular weight is 268 g/mol. The molecule has 0 heterocycles. The van der Waals surface area contributed by atoms with Crippen LogP contribution in [0.1, 0.15) is 52.7 Å². The minimum absolute atomic E-state index is 0.151. The monoisotopic (exact) mass is 267 g/mol. The third kappa shape index (κ3) is 4.00. The molecule has 0 bridgehead atoms. The van der Waals surface area contributed by atoms with E-state index in [0.717, 1.165) is 11.6 Å². The van der Waals surface area contributed by atoms with Crippen LogP contribution in [0.15, 0.2) is 18.2 Å². The maximum Gasteiger partial charge on any atom is 0.0453 e. The van der Waals surface area contributed by atoms with Gasteiger partial charge in [0.1, 0.15) is 0 Å². The molecule has 1 rings (SSSR count). The summed E-state index contributed by atoms with van der Waals surface area (Å²) in [6, 6.07) is 6.45. The van der Waals surface area contributed by atoms with Gasteiger partial charge in [0.25, 0.3) is 0 Å². The third-order valence-corrected chi connectivity index (χ3v) is 3.82. The second-order valence-corrected chi connectivity index (χ2v) is 7.49. The molecule has 0 spiro atoms. The minimum Gasteiger partial charge on any atom is -0.297 e. The van der Waals surface area contributed by atoms with Gasteiger partial charge in [-0.2, -0.15) is 0 Å². The lowest BCUT2D eigenvalue weighted by atomic mass is 9.86. The van der Waals surface area contributed by atoms with Gasteiger partial charge in [-0.25, -0.2) is 0 Å². The molecular formula is C16H26ClN. The Hall–Kier alpha value is -0.530. The SMILES string of the molecule is CN(Cc1ccc(C(C)(C)C)cc1Cl)C(C)(C)C. The first-order valence-electron chi connectivity index (χ1n) is 6.52. The van der Waals surface area contributed by atoms with Crippen LogP contribution in [-0.4, -0.2) is 17.5 Å². The first kappa shape index (κ1) is 15.5.